The van der Waals surface area contributed by atoms with E-state index in [0.29, 0.717) is 0 Å². The van der Waals surface area contributed by atoms with Gasteiger partial charge in [-0.25, -0.2) is 0 Å². The molecule has 1 fully saturated rings. The van der Waals surface area contributed by atoms with Crippen LogP contribution >= 0.6 is 0 Å². The molecule has 0 spiro atoms. The molecule has 6 heteroatoms. The number of quaternary nitrogens is 1. The first-order chi connectivity index (χ1) is 12.6. The lowest BCUT2D eigenvalue weighted by molar-refractivity contribution is -0.899. The van der Waals surface area contributed by atoms with Crippen LogP contribution in [0.25, 0.3) is 0 Å². The van der Waals surface area contributed by atoms with Crippen molar-refractivity contribution in [1.29, 1.82) is 21.2 Å². The average molecular weight is 345 g/mol. The predicted octanol–water partition coefficient (Wildman–Crippen LogP) is 1.22. The number of hydrogen-bond donors (Lipinski definition) is 2. The van der Waals surface area contributed by atoms with Crippen molar-refractivity contribution in [2.24, 2.45) is 17.3 Å². The highest BCUT2D eigenvalue weighted by Gasteiger charge is 2.58. The van der Waals surface area contributed by atoms with Gasteiger partial charge in [0, 0.05) is 24.2 Å². The van der Waals surface area contributed by atoms with E-state index in [0.717, 1.165) is 37.2 Å². The summed E-state index contributed by atoms with van der Waals surface area (Å²) in [7, 11) is 0. The highest BCUT2D eigenvalue weighted by Crippen LogP contribution is 2.52. The van der Waals surface area contributed by atoms with Gasteiger partial charge < -0.3 is 10.3 Å². The third-order valence-corrected chi connectivity index (χ3v) is 5.61. The first-order valence-corrected chi connectivity index (χ1v) is 8.87. The van der Waals surface area contributed by atoms with Crippen molar-refractivity contribution in [3.05, 3.63) is 41.7 Å². The van der Waals surface area contributed by atoms with Crippen molar-refractivity contribution in [1.82, 2.24) is 4.98 Å². The van der Waals surface area contributed by atoms with Crippen molar-refractivity contribution >= 4 is 5.71 Å². The van der Waals surface area contributed by atoms with E-state index in [2.05, 4.69) is 36.2 Å². The van der Waals surface area contributed by atoms with Gasteiger partial charge in [0.15, 0.2) is 5.41 Å². The van der Waals surface area contributed by atoms with E-state index in [1.54, 1.807) is 18.5 Å². The minimum absolute atomic E-state index is 0.0969. The molecule has 1 aliphatic carbocycles. The van der Waals surface area contributed by atoms with Crippen LogP contribution in [0.5, 0.6) is 0 Å². The van der Waals surface area contributed by atoms with E-state index in [4.69, 9.17) is 5.41 Å². The second-order valence-corrected chi connectivity index (χ2v) is 6.99. The third-order valence-electron chi connectivity index (χ3n) is 5.61. The van der Waals surface area contributed by atoms with E-state index in [-0.39, 0.29) is 11.6 Å². The summed E-state index contributed by atoms with van der Waals surface area (Å²) in [5, 5.41) is 38.1. The first kappa shape index (κ1) is 17.8. The van der Waals surface area contributed by atoms with Crippen LogP contribution in [0.2, 0.25) is 0 Å². The molecule has 0 aromatic carbocycles. The standard InChI is InChI=1S/C20H20N6/c1-2-7-26-8-5-15-16(9-21)19(24)20(12-22,13-23)18(17(15)11-26)14-4-3-6-25-10-14/h3-6,10,16-18,24H,2,7-8,11H2,1H3/p+1/t16?,17-,18+/m1/s1. The van der Waals surface area contributed by atoms with Gasteiger partial charge in [-0.05, 0) is 29.7 Å². The quantitative estimate of drug-likeness (QED) is 0.802. The molecule has 2 unspecified atom stereocenters. The molecule has 0 amide bonds. The van der Waals surface area contributed by atoms with Gasteiger partial charge in [-0.15, -0.1) is 0 Å². The Morgan fingerprint density at radius 2 is 2.12 bits per heavy atom. The van der Waals surface area contributed by atoms with Crippen LogP contribution in [0.3, 0.4) is 0 Å². The molecule has 26 heavy (non-hydrogen) atoms. The topological polar surface area (TPSA) is 113 Å². The number of hydrogen-bond acceptors (Lipinski definition) is 5. The third kappa shape index (κ3) is 2.58. The number of nitrogens with one attached hydrogen (secondary N) is 2. The van der Waals surface area contributed by atoms with Crippen molar-refractivity contribution in [2.45, 2.75) is 19.3 Å². The number of nitrogens with zero attached hydrogens (tertiary/aromatic N) is 4. The summed E-state index contributed by atoms with van der Waals surface area (Å²) in [6, 6.07) is 10.0. The highest BCUT2D eigenvalue weighted by molar-refractivity contribution is 6.00. The summed E-state index contributed by atoms with van der Waals surface area (Å²) in [4.78, 5) is 5.55. The molecule has 0 bridgehead atoms. The SMILES string of the molecule is CCC[NH+]1CC=C2C(C#N)C(=N)C(C#N)(C#N)[C@@H](c3cccnc3)[C@@H]2C1. The Balaban J connectivity index is 2.20. The molecular weight excluding hydrogens is 324 g/mol. The van der Waals surface area contributed by atoms with Gasteiger partial charge >= 0.3 is 0 Å². The summed E-state index contributed by atoms with van der Waals surface area (Å²) >= 11 is 0. The van der Waals surface area contributed by atoms with Gasteiger partial charge in [0.05, 0.1) is 43.6 Å². The average Bonchev–Trinajstić information content (AvgIpc) is 2.68. The predicted molar refractivity (Wildman–Crippen MR) is 94.9 cm³/mol. The van der Waals surface area contributed by atoms with E-state index in [1.807, 2.05) is 6.07 Å². The fourth-order valence-corrected chi connectivity index (χ4v) is 4.46. The fraction of sp³-hybridized carbons (Fsp3) is 0.450. The number of nitriles is 3. The van der Waals surface area contributed by atoms with Crippen LogP contribution in [-0.4, -0.2) is 30.3 Å². The summed E-state index contributed by atoms with van der Waals surface area (Å²) in [5.41, 5.74) is -0.0573. The number of pyridine rings is 1. The maximum Gasteiger partial charge on any atom is 0.190 e. The summed E-state index contributed by atoms with van der Waals surface area (Å²) < 4.78 is 0. The number of rotatable bonds is 3. The van der Waals surface area contributed by atoms with Crippen molar-refractivity contribution < 1.29 is 4.90 Å². The molecule has 0 radical (unpaired) electrons. The lowest BCUT2D eigenvalue weighted by Gasteiger charge is -2.46. The van der Waals surface area contributed by atoms with Gasteiger partial charge in [-0.3, -0.25) is 4.98 Å². The van der Waals surface area contributed by atoms with Gasteiger partial charge in [-0.1, -0.05) is 13.0 Å². The van der Waals surface area contributed by atoms with E-state index < -0.39 is 17.3 Å². The molecule has 1 aliphatic heterocycles. The van der Waals surface area contributed by atoms with Crippen LogP contribution in [-0.2, 0) is 0 Å². The van der Waals surface area contributed by atoms with Crippen molar-refractivity contribution in [2.75, 3.05) is 19.6 Å². The van der Waals surface area contributed by atoms with E-state index in [9.17, 15) is 15.8 Å². The minimum atomic E-state index is -1.64. The molecule has 6 nitrogen and oxygen atoms in total. The molecule has 0 saturated heterocycles. The monoisotopic (exact) mass is 345 g/mol. The van der Waals surface area contributed by atoms with E-state index in [1.165, 1.54) is 4.90 Å². The molecule has 130 valence electrons. The van der Waals surface area contributed by atoms with Gasteiger partial charge in [0.1, 0.15) is 5.92 Å². The van der Waals surface area contributed by atoms with Gasteiger partial charge in [0.25, 0.3) is 0 Å². The second kappa shape index (κ2) is 7.08. The smallest absolute Gasteiger partial charge is 0.190 e. The zero-order chi connectivity index (χ0) is 18.7. The van der Waals surface area contributed by atoms with Crippen LogP contribution in [0.1, 0.15) is 24.8 Å². The Labute approximate surface area is 153 Å². The molecular formula is C20H21N6+. The maximum atomic E-state index is 9.95. The molecule has 4 atom stereocenters. The summed E-state index contributed by atoms with van der Waals surface area (Å²) in [5.74, 6) is -1.40. The minimum Gasteiger partial charge on any atom is -0.331 e. The van der Waals surface area contributed by atoms with Crippen LogP contribution in [0.4, 0.5) is 0 Å². The first-order valence-electron chi connectivity index (χ1n) is 8.87. The molecule has 2 aliphatic rings. The molecule has 2 N–H and O–H groups in total. The van der Waals surface area contributed by atoms with Crippen LogP contribution < -0.4 is 4.90 Å². The number of aromatic nitrogens is 1. The Morgan fingerprint density at radius 3 is 2.69 bits per heavy atom. The number of fused-ring (bicyclic) bond motifs is 1. The molecule has 2 heterocycles. The second-order valence-electron chi connectivity index (χ2n) is 6.99. The Hall–Kier alpha value is -3.01. The Bertz CT molecular complexity index is 837. The molecule has 1 aromatic heterocycles. The summed E-state index contributed by atoms with van der Waals surface area (Å²) in [6.07, 6.45) is 6.44. The van der Waals surface area contributed by atoms with Gasteiger partial charge in [0.2, 0.25) is 0 Å². The van der Waals surface area contributed by atoms with Crippen LogP contribution in [0, 0.1) is 56.7 Å². The molecule has 1 aromatic rings. The maximum absolute atomic E-state index is 9.95. The molecule has 3 rings (SSSR count). The zero-order valence-corrected chi connectivity index (χ0v) is 14.7. The lowest BCUT2D eigenvalue weighted by Crippen LogP contribution is -3.13. The van der Waals surface area contributed by atoms with E-state index >= 15 is 0 Å². The molecule has 1 saturated carbocycles. The Morgan fingerprint density at radius 1 is 1.35 bits per heavy atom. The fourth-order valence-electron chi connectivity index (χ4n) is 4.46. The van der Waals surface area contributed by atoms with Crippen molar-refractivity contribution in [3.8, 4) is 18.2 Å². The van der Waals surface area contributed by atoms with Gasteiger partial charge in [-0.2, -0.15) is 15.8 Å². The largest absolute Gasteiger partial charge is 0.331 e. The lowest BCUT2D eigenvalue weighted by atomic mass is 9.54. The Kier molecular flexibility index (Phi) is 4.85. The zero-order valence-electron chi connectivity index (χ0n) is 14.7. The summed E-state index contributed by atoms with van der Waals surface area (Å²) in [6.45, 7) is 4.71. The van der Waals surface area contributed by atoms with Crippen LogP contribution in [0.15, 0.2) is 36.2 Å². The van der Waals surface area contributed by atoms with Crippen molar-refractivity contribution in [3.63, 3.8) is 0 Å². The normalized spacial score (nSPS) is 29.5. The highest BCUT2D eigenvalue weighted by atomic mass is 15.1.